The first-order valence-electron chi connectivity index (χ1n) is 6.82. The molecule has 0 saturated heterocycles. The second-order valence-electron chi connectivity index (χ2n) is 5.21. The zero-order valence-corrected chi connectivity index (χ0v) is 11.5. The molecule has 1 fully saturated rings. The molecular formula is C15H22N2O2. The number of likely N-dealkylation sites (N-methyl/N-ethyl adjacent to an activating group) is 1. The van der Waals surface area contributed by atoms with E-state index in [2.05, 4.69) is 0 Å². The summed E-state index contributed by atoms with van der Waals surface area (Å²) in [6.45, 7) is 2.09. The van der Waals surface area contributed by atoms with Crippen LogP contribution in [-0.2, 0) is 16.0 Å². The van der Waals surface area contributed by atoms with Gasteiger partial charge in [0, 0.05) is 25.9 Å². The van der Waals surface area contributed by atoms with Gasteiger partial charge < -0.3 is 15.4 Å². The smallest absolute Gasteiger partial charge is 0.226 e. The zero-order valence-electron chi connectivity index (χ0n) is 11.5. The molecule has 0 unspecified atom stereocenters. The highest BCUT2D eigenvalue weighted by Gasteiger charge is 2.21. The lowest BCUT2D eigenvalue weighted by atomic mass is 10.1. The van der Waals surface area contributed by atoms with Gasteiger partial charge in [-0.25, -0.2) is 0 Å². The van der Waals surface area contributed by atoms with E-state index in [9.17, 15) is 4.79 Å². The van der Waals surface area contributed by atoms with Crippen molar-refractivity contribution in [1.29, 1.82) is 0 Å². The molecule has 1 aliphatic carbocycles. The minimum atomic E-state index is 0.0768. The summed E-state index contributed by atoms with van der Waals surface area (Å²) in [5.41, 5.74) is 7.40. The van der Waals surface area contributed by atoms with E-state index < -0.39 is 0 Å². The number of nitrogens with two attached hydrogens (primary N) is 1. The number of nitrogens with zero attached hydrogens (tertiary/aromatic N) is 1. The van der Waals surface area contributed by atoms with Crippen LogP contribution in [0.2, 0.25) is 0 Å². The van der Waals surface area contributed by atoms with Crippen LogP contribution in [0, 0.1) is 5.92 Å². The fourth-order valence-electron chi connectivity index (χ4n) is 1.85. The van der Waals surface area contributed by atoms with Gasteiger partial charge in [0.15, 0.2) is 0 Å². The quantitative estimate of drug-likeness (QED) is 0.601. The lowest BCUT2D eigenvalue weighted by molar-refractivity contribution is -0.129. The molecule has 1 aromatic carbocycles. The molecule has 0 radical (unpaired) electrons. The Morgan fingerprint density at radius 1 is 1.42 bits per heavy atom. The van der Waals surface area contributed by atoms with Gasteiger partial charge >= 0.3 is 0 Å². The Kier molecular flexibility index (Phi) is 4.80. The monoisotopic (exact) mass is 262 g/mol. The van der Waals surface area contributed by atoms with E-state index in [0.717, 1.165) is 18.1 Å². The van der Waals surface area contributed by atoms with E-state index in [0.29, 0.717) is 25.3 Å². The summed E-state index contributed by atoms with van der Waals surface area (Å²) in [7, 11) is 1.81. The lowest BCUT2D eigenvalue weighted by Gasteiger charge is -2.17. The van der Waals surface area contributed by atoms with Gasteiger partial charge in [-0.3, -0.25) is 4.79 Å². The number of hydrogen-bond donors (Lipinski definition) is 1. The molecule has 19 heavy (non-hydrogen) atoms. The van der Waals surface area contributed by atoms with Gasteiger partial charge in [0.2, 0.25) is 5.91 Å². The summed E-state index contributed by atoms with van der Waals surface area (Å²) in [6.07, 6.45) is 2.94. The molecule has 0 bridgehead atoms. The molecule has 4 nitrogen and oxygen atoms in total. The Labute approximate surface area is 114 Å². The second-order valence-corrected chi connectivity index (χ2v) is 5.21. The summed E-state index contributed by atoms with van der Waals surface area (Å²) in [6, 6.07) is 7.49. The van der Waals surface area contributed by atoms with Crippen LogP contribution >= 0.6 is 0 Å². The van der Waals surface area contributed by atoms with Gasteiger partial charge in [0.25, 0.3) is 0 Å². The maximum Gasteiger partial charge on any atom is 0.226 e. The molecule has 1 aromatic rings. The molecule has 0 spiro atoms. The van der Waals surface area contributed by atoms with Crippen LogP contribution in [0.15, 0.2) is 24.3 Å². The zero-order chi connectivity index (χ0) is 13.7. The van der Waals surface area contributed by atoms with Crippen molar-refractivity contribution in [2.24, 2.45) is 5.92 Å². The van der Waals surface area contributed by atoms with Crippen LogP contribution in [0.3, 0.4) is 0 Å². The lowest BCUT2D eigenvalue weighted by Crippen LogP contribution is -2.31. The van der Waals surface area contributed by atoms with E-state index in [-0.39, 0.29) is 5.91 Å². The maximum atomic E-state index is 12.0. The van der Waals surface area contributed by atoms with Gasteiger partial charge in [-0.15, -0.1) is 0 Å². The molecule has 1 saturated carbocycles. The van der Waals surface area contributed by atoms with E-state index >= 15 is 0 Å². The van der Waals surface area contributed by atoms with Crippen molar-refractivity contribution in [2.45, 2.75) is 19.3 Å². The minimum absolute atomic E-state index is 0.0768. The van der Waals surface area contributed by atoms with Gasteiger partial charge in [0.1, 0.15) is 0 Å². The first kappa shape index (κ1) is 13.9. The van der Waals surface area contributed by atoms with Crippen molar-refractivity contribution in [3.63, 3.8) is 0 Å². The molecular weight excluding hydrogens is 240 g/mol. The third kappa shape index (κ3) is 4.56. The fraction of sp³-hybridized carbons (Fsp3) is 0.533. The number of rotatable bonds is 7. The Morgan fingerprint density at radius 2 is 2.16 bits per heavy atom. The number of nitrogen functional groups attached to an aromatic ring is 1. The third-order valence-electron chi connectivity index (χ3n) is 3.44. The summed E-state index contributed by atoms with van der Waals surface area (Å²) >= 11 is 0. The molecule has 4 heteroatoms. The van der Waals surface area contributed by atoms with Crippen LogP contribution < -0.4 is 5.73 Å². The van der Waals surface area contributed by atoms with Crippen LogP contribution in [0.25, 0.3) is 0 Å². The number of hydrogen-bond acceptors (Lipinski definition) is 3. The number of carbonyl (C=O) groups is 1. The average molecular weight is 262 g/mol. The predicted octanol–water partition coefficient (Wildman–Crippen LogP) is 1.70. The molecule has 2 rings (SSSR count). The molecule has 0 aliphatic heterocycles. The highest BCUT2D eigenvalue weighted by atomic mass is 16.5. The summed E-state index contributed by atoms with van der Waals surface area (Å²) in [4.78, 5) is 13.7. The van der Waals surface area contributed by atoms with Crippen LogP contribution in [0.4, 0.5) is 5.69 Å². The first-order chi connectivity index (χ1) is 9.16. The fourth-order valence-corrected chi connectivity index (χ4v) is 1.85. The van der Waals surface area contributed by atoms with Crippen molar-refractivity contribution >= 4 is 11.6 Å². The second kappa shape index (κ2) is 6.57. The van der Waals surface area contributed by atoms with Gasteiger partial charge in [-0.1, -0.05) is 18.2 Å². The molecule has 1 amide bonds. The Bertz CT molecular complexity index is 430. The molecule has 1 aliphatic rings. The molecule has 2 N–H and O–H groups in total. The Morgan fingerprint density at radius 3 is 2.84 bits per heavy atom. The van der Waals surface area contributed by atoms with E-state index in [1.807, 2.05) is 31.3 Å². The molecule has 0 aromatic heterocycles. The molecule has 104 valence electrons. The van der Waals surface area contributed by atoms with Crippen LogP contribution in [0.5, 0.6) is 0 Å². The number of amides is 1. The maximum absolute atomic E-state index is 12.0. The molecule has 0 heterocycles. The number of para-hydroxylation sites is 1. The van der Waals surface area contributed by atoms with Gasteiger partial charge in [-0.05, 0) is 30.4 Å². The van der Waals surface area contributed by atoms with Crippen molar-refractivity contribution in [3.05, 3.63) is 29.8 Å². The number of carbonyl (C=O) groups excluding carboxylic acids is 1. The Balaban J connectivity index is 1.70. The van der Waals surface area contributed by atoms with Crippen LogP contribution in [-0.4, -0.2) is 37.6 Å². The van der Waals surface area contributed by atoms with Crippen molar-refractivity contribution in [3.8, 4) is 0 Å². The van der Waals surface area contributed by atoms with Gasteiger partial charge in [-0.2, -0.15) is 0 Å². The highest BCUT2D eigenvalue weighted by Crippen LogP contribution is 2.28. The largest absolute Gasteiger partial charge is 0.398 e. The van der Waals surface area contributed by atoms with Crippen molar-refractivity contribution < 1.29 is 9.53 Å². The SMILES string of the molecule is CN(CCOCC1CC1)C(=O)Cc1ccccc1N. The van der Waals surface area contributed by atoms with Gasteiger partial charge in [0.05, 0.1) is 13.0 Å². The first-order valence-corrected chi connectivity index (χ1v) is 6.82. The van der Waals surface area contributed by atoms with E-state index in [1.54, 1.807) is 4.90 Å². The number of ether oxygens (including phenoxy) is 1. The number of anilines is 1. The highest BCUT2D eigenvalue weighted by molar-refractivity contribution is 5.80. The van der Waals surface area contributed by atoms with Crippen LogP contribution in [0.1, 0.15) is 18.4 Å². The normalized spacial score (nSPS) is 14.4. The Hall–Kier alpha value is -1.55. The van der Waals surface area contributed by atoms with E-state index in [1.165, 1.54) is 12.8 Å². The topological polar surface area (TPSA) is 55.6 Å². The van der Waals surface area contributed by atoms with Crippen molar-refractivity contribution in [2.75, 3.05) is 32.5 Å². The van der Waals surface area contributed by atoms with E-state index in [4.69, 9.17) is 10.5 Å². The standard InChI is InChI=1S/C15H22N2O2/c1-17(8-9-19-11-12-6-7-12)15(18)10-13-4-2-3-5-14(13)16/h2-5,12H,6-11,16H2,1H3. The predicted molar refractivity (Wildman–Crippen MR) is 75.7 cm³/mol. The van der Waals surface area contributed by atoms with Crippen molar-refractivity contribution in [1.82, 2.24) is 4.90 Å². The average Bonchev–Trinajstić information content (AvgIpc) is 3.21. The third-order valence-corrected chi connectivity index (χ3v) is 3.44. The summed E-state index contributed by atoms with van der Waals surface area (Å²) in [5.74, 6) is 0.845. The molecule has 0 atom stereocenters. The summed E-state index contributed by atoms with van der Waals surface area (Å²) < 4.78 is 5.53. The summed E-state index contributed by atoms with van der Waals surface area (Å²) in [5, 5.41) is 0. The minimum Gasteiger partial charge on any atom is -0.398 e. The number of benzene rings is 1.